The molecule has 0 saturated heterocycles. The summed E-state index contributed by atoms with van der Waals surface area (Å²) >= 11 is 3.77. The first-order chi connectivity index (χ1) is 22.2. The van der Waals surface area contributed by atoms with Crippen molar-refractivity contribution in [3.05, 3.63) is 133 Å². The predicted molar refractivity (Wildman–Crippen MR) is 199 cm³/mol. The molecule has 212 valence electrons. The Kier molecular flexibility index (Phi) is 5.20. The second-order valence-electron chi connectivity index (χ2n) is 11.9. The molecule has 0 aliphatic heterocycles. The van der Waals surface area contributed by atoms with Crippen molar-refractivity contribution >= 4 is 102 Å². The largest absolute Gasteiger partial charge is 0.309 e. The molecule has 9 aromatic rings. The smallest absolute Gasteiger partial charge is 0.0929 e. The summed E-state index contributed by atoms with van der Waals surface area (Å²) in [4.78, 5) is 5.37. The Morgan fingerprint density at radius 1 is 0.622 bits per heavy atom. The zero-order valence-corrected chi connectivity index (χ0v) is 26.2. The molecule has 4 aromatic heterocycles. The zero-order chi connectivity index (χ0) is 29.8. The summed E-state index contributed by atoms with van der Waals surface area (Å²) < 4.78 is 7.85. The number of fused-ring (bicyclic) bond motifs is 10. The van der Waals surface area contributed by atoms with Gasteiger partial charge in [-0.1, -0.05) is 86.3 Å². The van der Waals surface area contributed by atoms with Gasteiger partial charge in [0.05, 0.1) is 27.1 Å². The summed E-state index contributed by atoms with van der Waals surface area (Å²) in [5.41, 5.74) is 9.17. The van der Waals surface area contributed by atoms with Crippen LogP contribution in [0.2, 0.25) is 0 Å². The van der Waals surface area contributed by atoms with E-state index in [-0.39, 0.29) is 0 Å². The van der Waals surface area contributed by atoms with Crippen molar-refractivity contribution in [3.8, 4) is 11.1 Å². The van der Waals surface area contributed by atoms with Crippen molar-refractivity contribution < 1.29 is 0 Å². The monoisotopic (exact) mass is 610 g/mol. The molecular weight excluding hydrogens is 585 g/mol. The van der Waals surface area contributed by atoms with Gasteiger partial charge in [0.2, 0.25) is 0 Å². The van der Waals surface area contributed by atoms with Crippen molar-refractivity contribution in [1.29, 1.82) is 0 Å². The Balaban J connectivity index is 1.35. The van der Waals surface area contributed by atoms with Crippen LogP contribution in [-0.2, 0) is 6.42 Å². The standard InChI is InChI=1S/C41H26N2S2/c1-3-34-38(42-33-13-7-4-10-23(33)2)32-22-25(24-16-19-37-30(20-24)27-12-6-8-14-35(27)44-37)21-31-28-17-18-29-26-11-5-9-15-36(26)45-41(29)40(28)43(34)39(31)32/h4-22H,2-3H2,1H3. The second kappa shape index (κ2) is 9.24. The molecule has 0 atom stereocenters. The topological polar surface area (TPSA) is 16.8 Å². The van der Waals surface area contributed by atoms with Gasteiger partial charge in [0.15, 0.2) is 0 Å². The molecule has 0 unspecified atom stereocenters. The average molecular weight is 611 g/mol. The van der Waals surface area contributed by atoms with Crippen LogP contribution in [0.3, 0.4) is 0 Å². The predicted octanol–water partition coefficient (Wildman–Crippen LogP) is 12.4. The maximum absolute atomic E-state index is 5.37. The van der Waals surface area contributed by atoms with Gasteiger partial charge in [0.1, 0.15) is 0 Å². The fraction of sp³-hybridized carbons (Fsp3) is 0.0488. The van der Waals surface area contributed by atoms with Gasteiger partial charge >= 0.3 is 0 Å². The third kappa shape index (κ3) is 3.47. The van der Waals surface area contributed by atoms with E-state index in [1.165, 1.54) is 84.4 Å². The maximum Gasteiger partial charge on any atom is 0.0929 e. The molecule has 4 heterocycles. The lowest BCUT2D eigenvalue weighted by Crippen LogP contribution is -1.98. The Bertz CT molecular complexity index is 2810. The molecule has 1 aliphatic rings. The van der Waals surface area contributed by atoms with Crippen LogP contribution >= 0.6 is 22.7 Å². The lowest BCUT2D eigenvalue weighted by atomic mass is 9.98. The number of nitrogens with zero attached hydrogens (tertiary/aromatic N) is 2. The molecule has 45 heavy (non-hydrogen) atoms. The van der Waals surface area contributed by atoms with Crippen LogP contribution in [0.1, 0.15) is 12.6 Å². The molecule has 0 N–H and O–H groups in total. The van der Waals surface area contributed by atoms with Gasteiger partial charge in [0.25, 0.3) is 0 Å². The molecule has 10 rings (SSSR count). The molecule has 0 saturated carbocycles. The van der Waals surface area contributed by atoms with E-state index in [0.717, 1.165) is 23.4 Å². The number of hydrogen-bond donors (Lipinski definition) is 0. The van der Waals surface area contributed by atoms with Crippen molar-refractivity contribution in [2.24, 2.45) is 4.99 Å². The van der Waals surface area contributed by atoms with Gasteiger partial charge in [-0.25, -0.2) is 4.99 Å². The van der Waals surface area contributed by atoms with Gasteiger partial charge in [-0.05, 0) is 65.6 Å². The second-order valence-corrected chi connectivity index (χ2v) is 14.0. The van der Waals surface area contributed by atoms with E-state index in [1.807, 2.05) is 34.8 Å². The van der Waals surface area contributed by atoms with Crippen LogP contribution < -0.4 is 0 Å². The first-order valence-corrected chi connectivity index (χ1v) is 17.0. The van der Waals surface area contributed by atoms with Crippen LogP contribution in [0.4, 0.5) is 5.69 Å². The summed E-state index contributed by atoms with van der Waals surface area (Å²) in [5, 5.41) is 9.07. The fourth-order valence-electron chi connectivity index (χ4n) is 7.38. The van der Waals surface area contributed by atoms with E-state index >= 15 is 0 Å². The minimum atomic E-state index is 0.870. The molecule has 4 heteroatoms. The summed E-state index contributed by atoms with van der Waals surface area (Å²) in [6.07, 6.45) is 9.08. The van der Waals surface area contributed by atoms with Crippen molar-refractivity contribution in [2.75, 3.05) is 0 Å². The highest BCUT2D eigenvalue weighted by atomic mass is 32.1. The van der Waals surface area contributed by atoms with Crippen LogP contribution in [0.25, 0.3) is 78.7 Å². The highest BCUT2D eigenvalue weighted by molar-refractivity contribution is 7.26. The Hall–Kier alpha value is -5.03. The van der Waals surface area contributed by atoms with Gasteiger partial charge in [-0.15, -0.1) is 22.7 Å². The fourth-order valence-corrected chi connectivity index (χ4v) is 9.71. The van der Waals surface area contributed by atoms with E-state index in [9.17, 15) is 0 Å². The minimum Gasteiger partial charge on any atom is -0.309 e. The number of benzene rings is 5. The summed E-state index contributed by atoms with van der Waals surface area (Å²) in [7, 11) is 0. The molecule has 0 spiro atoms. The lowest BCUT2D eigenvalue weighted by Gasteiger charge is -2.08. The van der Waals surface area contributed by atoms with E-state index < -0.39 is 0 Å². The summed E-state index contributed by atoms with van der Waals surface area (Å²) in [6.45, 7) is 6.56. The van der Waals surface area contributed by atoms with Crippen LogP contribution in [-0.4, -0.2) is 10.1 Å². The Morgan fingerprint density at radius 3 is 2.13 bits per heavy atom. The van der Waals surface area contributed by atoms with Crippen LogP contribution in [0.15, 0.2) is 132 Å². The van der Waals surface area contributed by atoms with Gasteiger partial charge < -0.3 is 4.40 Å². The minimum absolute atomic E-state index is 0.870. The maximum atomic E-state index is 5.37. The normalized spacial score (nSPS) is 14.8. The van der Waals surface area contributed by atoms with Crippen LogP contribution in [0.5, 0.6) is 0 Å². The number of rotatable bonds is 3. The molecule has 1 aliphatic carbocycles. The first kappa shape index (κ1) is 25.3. The molecule has 0 fully saturated rings. The van der Waals surface area contributed by atoms with E-state index in [0.29, 0.717) is 0 Å². The lowest BCUT2D eigenvalue weighted by molar-refractivity contribution is 1.03. The number of allylic oxidation sites excluding steroid dienone is 5. The molecule has 5 aromatic carbocycles. The third-order valence-electron chi connectivity index (χ3n) is 9.44. The summed E-state index contributed by atoms with van der Waals surface area (Å²) in [5.74, 6) is 0. The average Bonchev–Trinajstić information content (AvgIpc) is 3.81. The van der Waals surface area contributed by atoms with Crippen LogP contribution in [0, 0.1) is 0 Å². The molecular formula is C41H26N2S2. The number of aliphatic imine (C=N–C) groups is 1. The zero-order valence-electron chi connectivity index (χ0n) is 24.6. The number of hydrogen-bond acceptors (Lipinski definition) is 3. The molecule has 0 radical (unpaired) electrons. The highest BCUT2D eigenvalue weighted by Gasteiger charge is 2.25. The quantitative estimate of drug-likeness (QED) is 0.189. The number of aromatic nitrogens is 1. The Labute approximate surface area is 267 Å². The van der Waals surface area contributed by atoms with Gasteiger partial charge in [-0.2, -0.15) is 0 Å². The highest BCUT2D eigenvalue weighted by Crippen LogP contribution is 2.48. The van der Waals surface area contributed by atoms with E-state index in [4.69, 9.17) is 4.99 Å². The van der Waals surface area contributed by atoms with Gasteiger partial charge in [-0.3, -0.25) is 0 Å². The third-order valence-corrected chi connectivity index (χ3v) is 11.8. The van der Waals surface area contributed by atoms with Gasteiger partial charge in [0, 0.05) is 57.5 Å². The van der Waals surface area contributed by atoms with Crippen molar-refractivity contribution in [3.63, 3.8) is 0 Å². The van der Waals surface area contributed by atoms with Crippen molar-refractivity contribution in [1.82, 2.24) is 4.40 Å². The Morgan fingerprint density at radius 2 is 1.31 bits per heavy atom. The SMILES string of the molecule is C=C1C=CC=CC1=Nc1c(CC)n2c3c1cc(-c1ccc4sc5ccccc5c4c1)cc3c1ccc3c4ccccc4sc3c12. The first-order valence-electron chi connectivity index (χ1n) is 15.4. The van der Waals surface area contributed by atoms with E-state index in [1.54, 1.807) is 0 Å². The van der Waals surface area contributed by atoms with Crippen molar-refractivity contribution in [2.45, 2.75) is 13.3 Å². The molecule has 0 bridgehead atoms. The molecule has 2 nitrogen and oxygen atoms in total. The molecule has 0 amide bonds. The van der Waals surface area contributed by atoms with E-state index in [2.05, 4.69) is 121 Å². The number of aryl methyl sites for hydroxylation is 1. The summed E-state index contributed by atoms with van der Waals surface area (Å²) in [6, 6.07) is 34.0. The number of thiophene rings is 2.